The van der Waals surface area contributed by atoms with Gasteiger partial charge in [-0.25, -0.2) is 0 Å². The Morgan fingerprint density at radius 1 is 0.938 bits per heavy atom. The molecule has 4 heteroatoms. The van der Waals surface area contributed by atoms with Crippen molar-refractivity contribution in [2.45, 2.75) is 58.9 Å². The quantitative estimate of drug-likeness (QED) is 0.714. The number of hydrogen-bond acceptors (Lipinski definition) is 2. The summed E-state index contributed by atoms with van der Waals surface area (Å²) in [7, 11) is -2.49. The minimum Gasteiger partial charge on any atom is -0.334 e. The Morgan fingerprint density at radius 3 is 1.81 bits per heavy atom. The van der Waals surface area contributed by atoms with E-state index in [2.05, 4.69) is 48.5 Å². The molecule has 0 amide bonds. The molecule has 0 atom stereocenters. The van der Waals surface area contributed by atoms with Gasteiger partial charge in [0, 0.05) is 0 Å². The van der Waals surface area contributed by atoms with Gasteiger partial charge in [0.05, 0.1) is 0 Å². The van der Waals surface area contributed by atoms with Crippen molar-refractivity contribution < 1.29 is 0 Å². The van der Waals surface area contributed by atoms with Crippen molar-refractivity contribution in [3.05, 3.63) is 0 Å². The summed E-state index contributed by atoms with van der Waals surface area (Å²) in [4.78, 5) is 0. The van der Waals surface area contributed by atoms with Crippen LogP contribution in [0.15, 0.2) is 0 Å². The smallest absolute Gasteiger partial charge is 0.193 e. The molecule has 0 spiro atoms. The zero-order valence-corrected chi connectivity index (χ0v) is 14.1. The predicted molar refractivity (Wildman–Crippen MR) is 78.6 cm³/mol. The Kier molecular flexibility index (Phi) is 4.81. The van der Waals surface area contributed by atoms with Crippen LogP contribution >= 0.6 is 0 Å². The van der Waals surface area contributed by atoms with Crippen molar-refractivity contribution in [1.82, 2.24) is 8.80 Å². The molecule has 0 aromatic carbocycles. The van der Waals surface area contributed by atoms with Crippen LogP contribution in [0.5, 0.6) is 0 Å². The van der Waals surface area contributed by atoms with Crippen LogP contribution < -0.4 is 0 Å². The van der Waals surface area contributed by atoms with Crippen LogP contribution in [0.2, 0.25) is 32.7 Å². The topological polar surface area (TPSA) is 6.48 Å². The largest absolute Gasteiger partial charge is 0.334 e. The highest BCUT2D eigenvalue weighted by molar-refractivity contribution is 6.88. The van der Waals surface area contributed by atoms with Gasteiger partial charge in [0.1, 0.15) is 8.24 Å². The average molecular weight is 259 g/mol. The van der Waals surface area contributed by atoms with Crippen molar-refractivity contribution >= 4 is 16.6 Å². The Morgan fingerprint density at radius 2 is 1.44 bits per heavy atom. The Balaban J connectivity index is 2.80. The molecule has 16 heavy (non-hydrogen) atoms. The molecule has 96 valence electrons. The summed E-state index contributed by atoms with van der Waals surface area (Å²) in [6.45, 7) is 18.9. The number of hydrogen-bond donors (Lipinski definition) is 0. The summed E-state index contributed by atoms with van der Waals surface area (Å²) in [5.74, 6) is 0. The molecule has 1 saturated heterocycles. The van der Waals surface area contributed by atoms with Gasteiger partial charge < -0.3 is 8.80 Å². The first-order valence-electron chi connectivity index (χ1n) is 6.83. The van der Waals surface area contributed by atoms with Gasteiger partial charge in [-0.2, -0.15) is 0 Å². The van der Waals surface area contributed by atoms with E-state index in [9.17, 15) is 0 Å². The Bertz CT molecular complexity index is 218. The van der Waals surface area contributed by atoms with Crippen LogP contribution in [-0.4, -0.2) is 45.1 Å². The average Bonchev–Trinajstić information content (AvgIpc) is 2.17. The molecule has 1 fully saturated rings. The van der Waals surface area contributed by atoms with E-state index in [0.717, 1.165) is 0 Å². The zero-order chi connectivity index (χ0) is 12.4. The third-order valence-electron chi connectivity index (χ3n) is 3.92. The lowest BCUT2D eigenvalue weighted by Crippen LogP contribution is -2.69. The highest BCUT2D eigenvalue weighted by Crippen LogP contribution is 2.25. The second kappa shape index (κ2) is 5.33. The molecule has 1 rings (SSSR count). The van der Waals surface area contributed by atoms with Gasteiger partial charge in [0.15, 0.2) is 8.40 Å². The fourth-order valence-corrected chi connectivity index (χ4v) is 13.8. The van der Waals surface area contributed by atoms with E-state index in [1.807, 2.05) is 0 Å². The Labute approximate surface area is 104 Å². The lowest BCUT2D eigenvalue weighted by atomic mass is 10.2. The van der Waals surface area contributed by atoms with E-state index in [1.54, 1.807) is 0 Å². The summed E-state index contributed by atoms with van der Waals surface area (Å²) in [6, 6.07) is 0. The monoisotopic (exact) mass is 258 g/mol. The second-order valence-electron chi connectivity index (χ2n) is 6.46. The van der Waals surface area contributed by atoms with Gasteiger partial charge >= 0.3 is 0 Å². The molecule has 1 aliphatic rings. The lowest BCUT2D eigenvalue weighted by molar-refractivity contribution is 0.321. The first kappa shape index (κ1) is 14.4. The van der Waals surface area contributed by atoms with Gasteiger partial charge in [0.2, 0.25) is 0 Å². The molecule has 1 heterocycles. The summed E-state index contributed by atoms with van der Waals surface area (Å²) >= 11 is 0. The van der Waals surface area contributed by atoms with E-state index in [1.165, 1.54) is 38.9 Å². The molecular formula is C12H30N2Si2. The van der Waals surface area contributed by atoms with Gasteiger partial charge in [-0.05, 0) is 45.6 Å². The molecule has 0 unspecified atom stereocenters. The summed E-state index contributed by atoms with van der Waals surface area (Å²) in [5.41, 5.74) is 0. The molecule has 0 aromatic heterocycles. The molecular weight excluding hydrogens is 228 g/mol. The van der Waals surface area contributed by atoms with E-state index in [0.29, 0.717) is 0 Å². The van der Waals surface area contributed by atoms with Crippen molar-refractivity contribution in [3.8, 4) is 0 Å². The van der Waals surface area contributed by atoms with Crippen LogP contribution in [0.1, 0.15) is 26.2 Å². The molecule has 2 nitrogen and oxygen atoms in total. The number of rotatable bonds is 4. The summed E-state index contributed by atoms with van der Waals surface area (Å²) < 4.78 is 5.73. The zero-order valence-electron chi connectivity index (χ0n) is 12.1. The SMILES string of the molecule is CCN([Si](C)(C)C)[Si](C)(C)N1CCCCC1. The fraction of sp³-hybridized carbons (Fsp3) is 1.00. The van der Waals surface area contributed by atoms with Crippen LogP contribution in [0.25, 0.3) is 0 Å². The minimum absolute atomic E-state index is 1.15. The fourth-order valence-electron chi connectivity index (χ4n) is 3.29. The van der Waals surface area contributed by atoms with E-state index >= 15 is 0 Å². The molecule has 0 aromatic rings. The maximum Gasteiger partial charge on any atom is 0.193 e. The highest BCUT2D eigenvalue weighted by atomic mass is 28.4. The normalized spacial score (nSPS) is 20.4. The predicted octanol–water partition coefficient (Wildman–Crippen LogP) is 3.33. The summed E-state index contributed by atoms with van der Waals surface area (Å²) in [6.07, 6.45) is 4.28. The van der Waals surface area contributed by atoms with E-state index in [4.69, 9.17) is 0 Å². The van der Waals surface area contributed by atoms with E-state index in [-0.39, 0.29) is 0 Å². The molecule has 0 bridgehead atoms. The maximum absolute atomic E-state index is 2.89. The van der Waals surface area contributed by atoms with Crippen molar-refractivity contribution in [2.24, 2.45) is 0 Å². The first-order chi connectivity index (χ1) is 7.30. The van der Waals surface area contributed by atoms with Gasteiger partial charge in [-0.15, -0.1) is 0 Å². The summed E-state index contributed by atoms with van der Waals surface area (Å²) in [5, 5.41) is 0. The van der Waals surface area contributed by atoms with Gasteiger partial charge in [-0.3, -0.25) is 0 Å². The number of nitrogens with zero attached hydrogens (tertiary/aromatic N) is 2. The lowest BCUT2D eigenvalue weighted by Gasteiger charge is -2.51. The molecule has 0 radical (unpaired) electrons. The van der Waals surface area contributed by atoms with Crippen molar-refractivity contribution in [1.29, 1.82) is 0 Å². The van der Waals surface area contributed by atoms with Crippen molar-refractivity contribution in [2.75, 3.05) is 19.6 Å². The molecule has 0 N–H and O–H groups in total. The minimum atomic E-state index is -1.34. The molecule has 0 aliphatic carbocycles. The van der Waals surface area contributed by atoms with Gasteiger partial charge in [0.25, 0.3) is 0 Å². The number of piperidine rings is 1. The Hall–Kier alpha value is 0.354. The van der Waals surface area contributed by atoms with E-state index < -0.39 is 16.6 Å². The third-order valence-corrected chi connectivity index (χ3v) is 13.1. The molecule has 0 saturated carbocycles. The van der Waals surface area contributed by atoms with Crippen LogP contribution in [0, 0.1) is 0 Å². The maximum atomic E-state index is 2.89. The highest BCUT2D eigenvalue weighted by Gasteiger charge is 2.41. The third kappa shape index (κ3) is 3.18. The van der Waals surface area contributed by atoms with Crippen molar-refractivity contribution in [3.63, 3.8) is 0 Å². The van der Waals surface area contributed by atoms with Crippen LogP contribution in [0.4, 0.5) is 0 Å². The van der Waals surface area contributed by atoms with Crippen LogP contribution in [0.3, 0.4) is 0 Å². The van der Waals surface area contributed by atoms with Gasteiger partial charge in [-0.1, -0.05) is 33.0 Å². The first-order valence-corrected chi connectivity index (χ1v) is 13.2. The van der Waals surface area contributed by atoms with Crippen LogP contribution in [-0.2, 0) is 0 Å². The molecule has 1 aliphatic heterocycles. The standard InChI is InChI=1S/C12H30N2Si2/c1-7-14(15(2,3)4)16(5,6)13-11-9-8-10-12-13/h7-12H2,1-6H3. The second-order valence-corrected chi connectivity index (χ2v) is 15.9.